The molecule has 1 atom stereocenters. The molecule has 0 aliphatic rings. The third-order valence-corrected chi connectivity index (χ3v) is 9.30. The number of esters is 1. The number of unbranched alkanes of at least 4 members (excludes halogenated alkanes) is 11. The summed E-state index contributed by atoms with van der Waals surface area (Å²) in [6.45, 7) is 14.6. The molecular formula is C43H77NO8. The largest absolute Gasteiger partial charge is 0.508 e. The molecule has 1 rings (SSSR count). The van der Waals surface area contributed by atoms with Gasteiger partial charge in [-0.25, -0.2) is 4.79 Å². The summed E-state index contributed by atoms with van der Waals surface area (Å²) in [5, 5.41) is 0. The van der Waals surface area contributed by atoms with E-state index in [2.05, 4.69) is 32.6 Å². The van der Waals surface area contributed by atoms with Crippen molar-refractivity contribution in [1.29, 1.82) is 0 Å². The third kappa shape index (κ3) is 29.3. The van der Waals surface area contributed by atoms with Crippen LogP contribution in [0.3, 0.4) is 0 Å². The van der Waals surface area contributed by atoms with Crippen LogP contribution < -0.4 is 0 Å². The first-order valence-electron chi connectivity index (χ1n) is 21.1. The smallest absolute Gasteiger partial charge is 0.466 e. The van der Waals surface area contributed by atoms with E-state index >= 15 is 0 Å². The van der Waals surface area contributed by atoms with E-state index in [9.17, 15) is 9.59 Å². The van der Waals surface area contributed by atoms with Gasteiger partial charge >= 0.3 is 12.1 Å². The number of rotatable bonds is 37. The molecule has 1 unspecified atom stereocenters. The molecule has 0 radical (unpaired) electrons. The van der Waals surface area contributed by atoms with Crippen LogP contribution in [0, 0.1) is 0 Å². The van der Waals surface area contributed by atoms with Gasteiger partial charge in [-0.3, -0.25) is 4.79 Å². The summed E-state index contributed by atoms with van der Waals surface area (Å²) in [6, 6.07) is 10.0. The second-order valence-corrected chi connectivity index (χ2v) is 13.9. The van der Waals surface area contributed by atoms with Gasteiger partial charge in [-0.05, 0) is 70.0 Å². The molecular weight excluding hydrogens is 658 g/mol. The van der Waals surface area contributed by atoms with Gasteiger partial charge in [0.05, 0.1) is 19.8 Å². The zero-order valence-corrected chi connectivity index (χ0v) is 33.8. The Kier molecular flexibility index (Phi) is 32.9. The van der Waals surface area contributed by atoms with Crippen molar-refractivity contribution in [2.45, 2.75) is 175 Å². The van der Waals surface area contributed by atoms with Crippen LogP contribution in [0.25, 0.3) is 0 Å². The van der Waals surface area contributed by atoms with E-state index in [1.165, 1.54) is 64.2 Å². The predicted octanol–water partition coefficient (Wildman–Crippen LogP) is 10.8. The fourth-order valence-electron chi connectivity index (χ4n) is 5.96. The van der Waals surface area contributed by atoms with Crippen LogP contribution in [0.4, 0.5) is 4.79 Å². The fourth-order valence-corrected chi connectivity index (χ4v) is 5.96. The van der Waals surface area contributed by atoms with Crippen molar-refractivity contribution in [3.05, 3.63) is 35.9 Å². The quantitative estimate of drug-likeness (QED) is 0.0376. The molecule has 302 valence electrons. The third-order valence-electron chi connectivity index (χ3n) is 9.30. The molecule has 0 amide bonds. The lowest BCUT2D eigenvalue weighted by molar-refractivity contribution is -0.150. The highest BCUT2D eigenvalue weighted by Gasteiger charge is 2.17. The first kappa shape index (κ1) is 47.8. The summed E-state index contributed by atoms with van der Waals surface area (Å²) in [4.78, 5) is 27.4. The molecule has 0 N–H and O–H groups in total. The van der Waals surface area contributed by atoms with Gasteiger partial charge in [0.2, 0.25) is 0 Å². The Labute approximate surface area is 318 Å². The van der Waals surface area contributed by atoms with Gasteiger partial charge < -0.3 is 33.3 Å². The molecule has 0 saturated heterocycles. The SMILES string of the molecule is CCCCCCCCOC(CCCCC(=O)OCCC(CCCOCc1ccccc1)OC(=O)OCCCN(CC)CC)OCCCCCCCC. The summed E-state index contributed by atoms with van der Waals surface area (Å²) in [7, 11) is 0. The number of hydrogen-bond acceptors (Lipinski definition) is 9. The fraction of sp³-hybridized carbons (Fsp3) is 0.814. The second-order valence-electron chi connectivity index (χ2n) is 13.9. The van der Waals surface area contributed by atoms with Crippen LogP contribution in [0.2, 0.25) is 0 Å². The molecule has 0 heterocycles. The molecule has 0 aliphatic heterocycles. The van der Waals surface area contributed by atoms with Crippen molar-refractivity contribution >= 4 is 12.1 Å². The average molecular weight is 736 g/mol. The molecule has 1 aromatic carbocycles. The molecule has 0 aromatic heterocycles. The summed E-state index contributed by atoms with van der Waals surface area (Å²) >= 11 is 0. The number of benzene rings is 1. The van der Waals surface area contributed by atoms with Crippen molar-refractivity contribution in [2.75, 3.05) is 52.7 Å². The molecule has 0 fully saturated rings. The minimum Gasteiger partial charge on any atom is -0.466 e. The predicted molar refractivity (Wildman–Crippen MR) is 210 cm³/mol. The number of ether oxygens (including phenoxy) is 6. The Hall–Kier alpha value is -2.20. The molecule has 52 heavy (non-hydrogen) atoms. The van der Waals surface area contributed by atoms with Crippen molar-refractivity contribution in [1.82, 2.24) is 4.90 Å². The first-order valence-corrected chi connectivity index (χ1v) is 21.1. The van der Waals surface area contributed by atoms with Gasteiger partial charge in [0.1, 0.15) is 6.10 Å². The average Bonchev–Trinajstić information content (AvgIpc) is 3.15. The zero-order valence-electron chi connectivity index (χ0n) is 33.8. The van der Waals surface area contributed by atoms with E-state index < -0.39 is 12.3 Å². The maximum Gasteiger partial charge on any atom is 0.508 e. The van der Waals surface area contributed by atoms with Crippen LogP contribution >= 0.6 is 0 Å². The van der Waals surface area contributed by atoms with Crippen LogP contribution in [0.5, 0.6) is 0 Å². The lowest BCUT2D eigenvalue weighted by Crippen LogP contribution is -2.26. The van der Waals surface area contributed by atoms with Crippen LogP contribution in [-0.2, 0) is 39.8 Å². The van der Waals surface area contributed by atoms with Crippen molar-refractivity contribution in [2.24, 2.45) is 0 Å². The maximum absolute atomic E-state index is 12.6. The maximum atomic E-state index is 12.6. The number of hydrogen-bond donors (Lipinski definition) is 0. The lowest BCUT2D eigenvalue weighted by Gasteiger charge is -2.19. The van der Waals surface area contributed by atoms with E-state index in [0.717, 1.165) is 70.5 Å². The number of carbonyl (C=O) groups is 2. The van der Waals surface area contributed by atoms with Gasteiger partial charge in [-0.1, -0.05) is 122 Å². The first-order chi connectivity index (χ1) is 25.5. The Morgan fingerprint density at radius 2 is 1.23 bits per heavy atom. The van der Waals surface area contributed by atoms with Crippen molar-refractivity contribution in [3.8, 4) is 0 Å². The van der Waals surface area contributed by atoms with Gasteiger partial charge in [0.25, 0.3) is 0 Å². The van der Waals surface area contributed by atoms with E-state index in [1.807, 2.05) is 30.3 Å². The van der Waals surface area contributed by atoms with E-state index in [4.69, 9.17) is 28.4 Å². The van der Waals surface area contributed by atoms with Crippen LogP contribution in [-0.4, -0.2) is 82.1 Å². The van der Waals surface area contributed by atoms with E-state index in [-0.39, 0.29) is 18.9 Å². The Morgan fingerprint density at radius 3 is 1.87 bits per heavy atom. The van der Waals surface area contributed by atoms with Gasteiger partial charge in [-0.15, -0.1) is 0 Å². The zero-order chi connectivity index (χ0) is 37.7. The highest BCUT2D eigenvalue weighted by molar-refractivity contribution is 5.69. The molecule has 0 saturated carbocycles. The van der Waals surface area contributed by atoms with Gasteiger partial charge in [0.15, 0.2) is 6.29 Å². The minimum absolute atomic E-state index is 0.189. The topological polar surface area (TPSA) is 92.8 Å². The normalized spacial score (nSPS) is 12.0. The molecule has 0 aliphatic carbocycles. The molecule has 0 bridgehead atoms. The highest BCUT2D eigenvalue weighted by Crippen LogP contribution is 2.15. The Bertz CT molecular complexity index is 911. The van der Waals surface area contributed by atoms with E-state index in [1.54, 1.807) is 0 Å². The van der Waals surface area contributed by atoms with Crippen LogP contribution in [0.1, 0.15) is 162 Å². The summed E-state index contributed by atoms with van der Waals surface area (Å²) in [5.41, 5.74) is 1.12. The molecule has 1 aromatic rings. The summed E-state index contributed by atoms with van der Waals surface area (Å²) in [5.74, 6) is -0.235. The second kappa shape index (κ2) is 35.8. The van der Waals surface area contributed by atoms with Gasteiger partial charge in [0, 0.05) is 39.2 Å². The van der Waals surface area contributed by atoms with E-state index in [0.29, 0.717) is 51.9 Å². The Morgan fingerprint density at radius 1 is 0.596 bits per heavy atom. The minimum atomic E-state index is -0.673. The van der Waals surface area contributed by atoms with Gasteiger partial charge in [-0.2, -0.15) is 0 Å². The van der Waals surface area contributed by atoms with Crippen molar-refractivity contribution in [3.63, 3.8) is 0 Å². The molecule has 0 spiro atoms. The summed E-state index contributed by atoms with van der Waals surface area (Å²) < 4.78 is 34.7. The highest BCUT2D eigenvalue weighted by atomic mass is 16.7. The summed E-state index contributed by atoms with van der Waals surface area (Å²) in [6.07, 6.45) is 18.6. The standard InChI is InChI=1S/C43H77NO8/c1-5-9-11-13-15-22-34-49-42(50-35-23-16-14-12-10-6-2)30-21-20-29-41(45)48-37-31-40(28-24-33-47-38-39-26-18-17-19-27-39)52-43(46)51-36-25-32-44(7-3)8-4/h17-19,26-27,40,42H,5-16,20-25,28-38H2,1-4H3. The molecule has 9 heteroatoms. The van der Waals surface area contributed by atoms with Crippen molar-refractivity contribution < 1.29 is 38.0 Å². The number of carbonyl (C=O) groups excluding carboxylic acids is 2. The lowest BCUT2D eigenvalue weighted by atomic mass is 10.1. The monoisotopic (exact) mass is 736 g/mol. The molecule has 9 nitrogen and oxygen atoms in total. The number of nitrogens with zero attached hydrogens (tertiary/aromatic N) is 1. The Balaban J connectivity index is 2.43. The van der Waals surface area contributed by atoms with Crippen LogP contribution in [0.15, 0.2) is 30.3 Å².